The lowest BCUT2D eigenvalue weighted by molar-refractivity contribution is 0.0935. The number of benzene rings is 2. The third kappa shape index (κ3) is 3.49. The van der Waals surface area contributed by atoms with Gasteiger partial charge in [-0.05, 0) is 36.2 Å². The Bertz CT molecular complexity index is 691. The number of amides is 1. The van der Waals surface area contributed by atoms with Gasteiger partial charge in [0.2, 0.25) is 0 Å². The van der Waals surface area contributed by atoms with Gasteiger partial charge in [0.25, 0.3) is 5.91 Å². The molecule has 0 bridgehead atoms. The average Bonchev–Trinajstić information content (AvgIpc) is 2.47. The van der Waals surface area contributed by atoms with Gasteiger partial charge >= 0.3 is 0 Å². The van der Waals surface area contributed by atoms with E-state index in [1.165, 1.54) is 0 Å². The van der Waals surface area contributed by atoms with Crippen molar-refractivity contribution in [2.24, 2.45) is 0 Å². The summed E-state index contributed by atoms with van der Waals surface area (Å²) in [5.41, 5.74) is 2.51. The first-order valence-corrected chi connectivity index (χ1v) is 7.49. The molecule has 3 rings (SSSR count). The van der Waals surface area contributed by atoms with Crippen LogP contribution in [0.3, 0.4) is 0 Å². The van der Waals surface area contributed by atoms with Crippen LogP contribution in [0.2, 0.25) is 10.0 Å². The summed E-state index contributed by atoms with van der Waals surface area (Å²) < 4.78 is 0. The van der Waals surface area contributed by atoms with Gasteiger partial charge in [-0.25, -0.2) is 0 Å². The normalized spacial score (nSPS) is 16.0. The van der Waals surface area contributed by atoms with Crippen LogP contribution in [0.4, 0.5) is 5.69 Å². The first-order valence-electron chi connectivity index (χ1n) is 6.74. The fourth-order valence-electron chi connectivity index (χ4n) is 2.52. The molecule has 1 unspecified atom stereocenters. The summed E-state index contributed by atoms with van der Waals surface area (Å²) in [4.78, 5) is 12.4. The van der Waals surface area contributed by atoms with E-state index in [9.17, 15) is 4.79 Å². The molecule has 1 aliphatic rings. The second-order valence-corrected chi connectivity index (χ2v) is 5.80. The lowest BCUT2D eigenvalue weighted by Gasteiger charge is -2.27. The highest BCUT2D eigenvalue weighted by atomic mass is 35.5. The number of anilines is 1. The summed E-state index contributed by atoms with van der Waals surface area (Å²) in [6.45, 7) is 0.792. The summed E-state index contributed by atoms with van der Waals surface area (Å²) in [6.07, 6.45) is 0.824. The standard InChI is InChI=1S/C16H14Cl2N2O.ClH/c17-10-5-6-12-14(7-8-19-15(12)9-10)20-16(21)11-3-1-2-4-13(11)18;/h1-6,9,14,19H,7-8H2,(H,20,21);1H. The van der Waals surface area contributed by atoms with Crippen LogP contribution < -0.4 is 10.6 Å². The molecule has 22 heavy (non-hydrogen) atoms. The minimum absolute atomic E-state index is 0. The summed E-state index contributed by atoms with van der Waals surface area (Å²) in [6, 6.07) is 12.7. The van der Waals surface area contributed by atoms with Crippen LogP contribution in [0.1, 0.15) is 28.4 Å². The highest BCUT2D eigenvalue weighted by Crippen LogP contribution is 2.32. The lowest BCUT2D eigenvalue weighted by Crippen LogP contribution is -2.33. The Balaban J connectivity index is 0.00000176. The smallest absolute Gasteiger partial charge is 0.253 e. The number of nitrogens with one attached hydrogen (secondary N) is 2. The largest absolute Gasteiger partial charge is 0.385 e. The highest BCUT2D eigenvalue weighted by molar-refractivity contribution is 6.33. The molecule has 1 aliphatic heterocycles. The van der Waals surface area contributed by atoms with Crippen molar-refractivity contribution in [1.82, 2.24) is 5.32 Å². The molecule has 116 valence electrons. The van der Waals surface area contributed by atoms with Crippen molar-refractivity contribution >= 4 is 47.2 Å². The minimum Gasteiger partial charge on any atom is -0.385 e. The molecule has 2 aromatic carbocycles. The van der Waals surface area contributed by atoms with E-state index in [2.05, 4.69) is 10.6 Å². The van der Waals surface area contributed by atoms with Gasteiger partial charge in [-0.15, -0.1) is 12.4 Å². The Morgan fingerprint density at radius 2 is 1.95 bits per heavy atom. The molecule has 1 atom stereocenters. The van der Waals surface area contributed by atoms with Gasteiger partial charge in [-0.3, -0.25) is 4.79 Å². The van der Waals surface area contributed by atoms with E-state index < -0.39 is 0 Å². The van der Waals surface area contributed by atoms with Crippen molar-refractivity contribution in [2.45, 2.75) is 12.5 Å². The van der Waals surface area contributed by atoms with Crippen molar-refractivity contribution < 1.29 is 4.79 Å². The zero-order valence-corrected chi connectivity index (χ0v) is 13.9. The van der Waals surface area contributed by atoms with E-state index in [1.807, 2.05) is 18.2 Å². The predicted octanol–water partition coefficient (Wildman–Crippen LogP) is 4.70. The van der Waals surface area contributed by atoms with Crippen LogP contribution in [0, 0.1) is 0 Å². The molecule has 0 radical (unpaired) electrons. The van der Waals surface area contributed by atoms with E-state index in [4.69, 9.17) is 23.2 Å². The van der Waals surface area contributed by atoms with Crippen LogP contribution in [0.15, 0.2) is 42.5 Å². The molecule has 3 nitrogen and oxygen atoms in total. The van der Waals surface area contributed by atoms with Crippen LogP contribution >= 0.6 is 35.6 Å². The second-order valence-electron chi connectivity index (χ2n) is 4.95. The zero-order chi connectivity index (χ0) is 14.8. The zero-order valence-electron chi connectivity index (χ0n) is 11.6. The SMILES string of the molecule is Cl.O=C(NC1CCNc2cc(Cl)ccc21)c1ccccc1Cl. The van der Waals surface area contributed by atoms with Crippen molar-refractivity contribution in [1.29, 1.82) is 0 Å². The first kappa shape index (κ1) is 16.9. The molecule has 0 fully saturated rings. The number of halogens is 3. The summed E-state index contributed by atoms with van der Waals surface area (Å²) >= 11 is 12.1. The van der Waals surface area contributed by atoms with Gasteiger partial charge in [-0.1, -0.05) is 41.4 Å². The first-order chi connectivity index (χ1) is 10.1. The maximum absolute atomic E-state index is 12.4. The van der Waals surface area contributed by atoms with E-state index >= 15 is 0 Å². The van der Waals surface area contributed by atoms with Crippen LogP contribution in [0.5, 0.6) is 0 Å². The Kier molecular flexibility index (Phi) is 5.57. The Labute approximate surface area is 145 Å². The summed E-state index contributed by atoms with van der Waals surface area (Å²) in [5, 5.41) is 7.48. The van der Waals surface area contributed by atoms with Crippen LogP contribution in [-0.2, 0) is 0 Å². The number of carbonyl (C=O) groups excluding carboxylic acids is 1. The molecular formula is C16H15Cl3N2O. The number of carbonyl (C=O) groups is 1. The average molecular weight is 358 g/mol. The Morgan fingerprint density at radius 3 is 2.73 bits per heavy atom. The molecule has 2 N–H and O–H groups in total. The van der Waals surface area contributed by atoms with Gasteiger partial charge in [0, 0.05) is 17.3 Å². The second kappa shape index (κ2) is 7.23. The van der Waals surface area contributed by atoms with Crippen molar-refractivity contribution in [3.8, 4) is 0 Å². The van der Waals surface area contributed by atoms with Gasteiger partial charge in [0.05, 0.1) is 16.6 Å². The van der Waals surface area contributed by atoms with E-state index in [-0.39, 0.29) is 24.4 Å². The molecule has 2 aromatic rings. The molecule has 0 saturated heterocycles. The third-order valence-electron chi connectivity index (χ3n) is 3.56. The fraction of sp³-hybridized carbons (Fsp3) is 0.188. The quantitative estimate of drug-likeness (QED) is 0.818. The van der Waals surface area contributed by atoms with Crippen molar-refractivity contribution in [3.05, 3.63) is 63.6 Å². The van der Waals surface area contributed by atoms with Crippen LogP contribution in [-0.4, -0.2) is 12.5 Å². The van der Waals surface area contributed by atoms with Gasteiger partial charge in [0.15, 0.2) is 0 Å². The van der Waals surface area contributed by atoms with Gasteiger partial charge in [0.1, 0.15) is 0 Å². The lowest BCUT2D eigenvalue weighted by atomic mass is 9.97. The molecule has 0 aromatic heterocycles. The number of hydrogen-bond acceptors (Lipinski definition) is 2. The Morgan fingerprint density at radius 1 is 1.18 bits per heavy atom. The number of fused-ring (bicyclic) bond motifs is 1. The molecule has 1 heterocycles. The molecule has 0 spiro atoms. The molecule has 0 saturated carbocycles. The molecular weight excluding hydrogens is 343 g/mol. The van der Waals surface area contributed by atoms with Gasteiger partial charge < -0.3 is 10.6 Å². The van der Waals surface area contributed by atoms with E-state index in [1.54, 1.807) is 24.3 Å². The maximum atomic E-state index is 12.4. The Hall–Kier alpha value is -1.42. The van der Waals surface area contributed by atoms with Gasteiger partial charge in [-0.2, -0.15) is 0 Å². The van der Waals surface area contributed by atoms with Crippen molar-refractivity contribution in [3.63, 3.8) is 0 Å². The maximum Gasteiger partial charge on any atom is 0.253 e. The number of hydrogen-bond donors (Lipinski definition) is 2. The topological polar surface area (TPSA) is 41.1 Å². The third-order valence-corrected chi connectivity index (χ3v) is 4.13. The van der Waals surface area contributed by atoms with E-state index in [0.717, 1.165) is 24.2 Å². The monoisotopic (exact) mass is 356 g/mol. The summed E-state index contributed by atoms with van der Waals surface area (Å²) in [7, 11) is 0. The molecule has 6 heteroatoms. The van der Waals surface area contributed by atoms with Crippen LogP contribution in [0.25, 0.3) is 0 Å². The van der Waals surface area contributed by atoms with Crippen molar-refractivity contribution in [2.75, 3.05) is 11.9 Å². The van der Waals surface area contributed by atoms with E-state index in [0.29, 0.717) is 15.6 Å². The fourth-order valence-corrected chi connectivity index (χ4v) is 2.92. The minimum atomic E-state index is -0.159. The summed E-state index contributed by atoms with van der Waals surface area (Å²) in [5.74, 6) is -0.159. The predicted molar refractivity (Wildman–Crippen MR) is 93.5 cm³/mol. The number of rotatable bonds is 2. The highest BCUT2D eigenvalue weighted by Gasteiger charge is 2.22. The molecule has 0 aliphatic carbocycles. The molecule has 1 amide bonds.